The zero-order chi connectivity index (χ0) is 13.5. The number of aryl methyl sites for hydroxylation is 1. The molecule has 0 N–H and O–H groups in total. The predicted octanol–water partition coefficient (Wildman–Crippen LogP) is 3.79. The highest BCUT2D eigenvalue weighted by molar-refractivity contribution is 6.03. The number of pyridine rings is 1. The highest BCUT2D eigenvalue weighted by atomic mass is 15.2. The van der Waals surface area contributed by atoms with E-state index in [1.54, 1.807) is 0 Å². The third-order valence-electron chi connectivity index (χ3n) is 3.73. The Kier molecular flexibility index (Phi) is 2.33. The maximum Gasteiger partial charge on any atom is 0.0757 e. The average Bonchev–Trinajstić information content (AvgIpc) is 2.88. The van der Waals surface area contributed by atoms with E-state index in [2.05, 4.69) is 52.5 Å². The summed E-state index contributed by atoms with van der Waals surface area (Å²) in [4.78, 5) is 4.20. The van der Waals surface area contributed by atoms with E-state index in [4.69, 9.17) is 0 Å². The molecular formula is C17H13N3. The van der Waals surface area contributed by atoms with Crippen molar-refractivity contribution in [1.82, 2.24) is 14.8 Å². The van der Waals surface area contributed by atoms with Crippen LogP contribution in [0, 0.1) is 0 Å². The van der Waals surface area contributed by atoms with E-state index < -0.39 is 0 Å². The number of aromatic nitrogens is 3. The van der Waals surface area contributed by atoms with Gasteiger partial charge in [0, 0.05) is 35.8 Å². The highest BCUT2D eigenvalue weighted by Gasteiger charge is 2.10. The van der Waals surface area contributed by atoms with Crippen molar-refractivity contribution in [2.75, 3.05) is 0 Å². The molecule has 0 aliphatic heterocycles. The molecule has 4 aromatic rings. The molecule has 2 heterocycles. The van der Waals surface area contributed by atoms with Crippen molar-refractivity contribution in [3.05, 3.63) is 61.1 Å². The van der Waals surface area contributed by atoms with E-state index in [-0.39, 0.29) is 0 Å². The number of para-hydroxylation sites is 1. The Hall–Kier alpha value is -2.68. The van der Waals surface area contributed by atoms with Gasteiger partial charge >= 0.3 is 0 Å². The minimum atomic E-state index is 1.16. The van der Waals surface area contributed by atoms with Crippen LogP contribution in [0.15, 0.2) is 61.1 Å². The summed E-state index contributed by atoms with van der Waals surface area (Å²) in [5, 5.41) is 7.90. The molecule has 0 atom stereocenters. The Balaban J connectivity index is 2.14. The molecule has 2 aromatic heterocycles. The van der Waals surface area contributed by atoms with Crippen LogP contribution in [0.5, 0.6) is 0 Å². The van der Waals surface area contributed by atoms with E-state index in [9.17, 15) is 0 Å². The first-order chi connectivity index (χ1) is 9.84. The Morgan fingerprint density at radius 2 is 1.65 bits per heavy atom. The van der Waals surface area contributed by atoms with Crippen LogP contribution in [0.4, 0.5) is 0 Å². The second kappa shape index (κ2) is 4.17. The maximum absolute atomic E-state index is 4.37. The third kappa shape index (κ3) is 1.53. The van der Waals surface area contributed by atoms with Gasteiger partial charge in [-0.05, 0) is 17.0 Å². The summed E-state index contributed by atoms with van der Waals surface area (Å²) in [6, 6.07) is 14.7. The van der Waals surface area contributed by atoms with Gasteiger partial charge in [-0.3, -0.25) is 9.67 Å². The lowest BCUT2D eigenvalue weighted by Gasteiger charge is -2.09. The quantitative estimate of drug-likeness (QED) is 0.520. The molecule has 4 rings (SSSR count). The number of fused-ring (bicyclic) bond motifs is 2. The van der Waals surface area contributed by atoms with Gasteiger partial charge in [0.05, 0.1) is 11.7 Å². The summed E-state index contributed by atoms with van der Waals surface area (Å²) in [7, 11) is 1.98. The molecule has 0 fully saturated rings. The fourth-order valence-electron chi connectivity index (χ4n) is 2.81. The first-order valence-electron chi connectivity index (χ1n) is 6.58. The van der Waals surface area contributed by atoms with Crippen LogP contribution < -0.4 is 0 Å². The summed E-state index contributed by atoms with van der Waals surface area (Å²) in [6.07, 6.45) is 5.66. The first kappa shape index (κ1) is 11.2. The van der Waals surface area contributed by atoms with Crippen LogP contribution in [0.25, 0.3) is 32.8 Å². The topological polar surface area (TPSA) is 30.7 Å². The van der Waals surface area contributed by atoms with Gasteiger partial charge in [0.25, 0.3) is 0 Å². The Morgan fingerprint density at radius 3 is 2.55 bits per heavy atom. The van der Waals surface area contributed by atoms with E-state index in [1.807, 2.05) is 30.3 Å². The standard InChI is InChI=1S/C17H13N3/c1-20-17-13(11-19-20)5-3-7-16(17)15-6-2-4-12-10-18-9-8-14(12)15/h2-11H,1H3. The van der Waals surface area contributed by atoms with Crippen molar-refractivity contribution in [2.45, 2.75) is 0 Å². The zero-order valence-corrected chi connectivity index (χ0v) is 11.1. The van der Waals surface area contributed by atoms with Crippen LogP contribution in [-0.4, -0.2) is 14.8 Å². The summed E-state index contributed by atoms with van der Waals surface area (Å²) >= 11 is 0. The van der Waals surface area contributed by atoms with Crippen LogP contribution in [0.1, 0.15) is 0 Å². The first-order valence-corrected chi connectivity index (χ1v) is 6.58. The van der Waals surface area contributed by atoms with Gasteiger partial charge in [-0.2, -0.15) is 5.10 Å². The Labute approximate surface area is 116 Å². The summed E-state index contributed by atoms with van der Waals surface area (Å²) in [6.45, 7) is 0. The smallest absolute Gasteiger partial charge is 0.0757 e. The molecule has 0 bridgehead atoms. The maximum atomic E-state index is 4.37. The number of hydrogen-bond acceptors (Lipinski definition) is 2. The van der Waals surface area contributed by atoms with E-state index in [0.29, 0.717) is 0 Å². The predicted molar refractivity (Wildman–Crippen MR) is 81.5 cm³/mol. The van der Waals surface area contributed by atoms with Crippen LogP contribution in [0.3, 0.4) is 0 Å². The Bertz CT molecular complexity index is 916. The number of hydrogen-bond donors (Lipinski definition) is 0. The van der Waals surface area contributed by atoms with Crippen molar-refractivity contribution in [3.63, 3.8) is 0 Å². The zero-order valence-electron chi connectivity index (χ0n) is 11.1. The van der Waals surface area contributed by atoms with Gasteiger partial charge in [0.1, 0.15) is 0 Å². The molecule has 0 saturated carbocycles. The lowest BCUT2D eigenvalue weighted by Crippen LogP contribution is -1.92. The molecule has 0 radical (unpaired) electrons. The number of nitrogens with zero attached hydrogens (tertiary/aromatic N) is 3. The molecule has 0 aliphatic carbocycles. The molecule has 0 amide bonds. The van der Waals surface area contributed by atoms with Crippen LogP contribution in [0.2, 0.25) is 0 Å². The third-order valence-corrected chi connectivity index (χ3v) is 3.73. The largest absolute Gasteiger partial charge is 0.267 e. The van der Waals surface area contributed by atoms with E-state index >= 15 is 0 Å². The summed E-state index contributed by atoms with van der Waals surface area (Å²) in [5.74, 6) is 0. The fourth-order valence-corrected chi connectivity index (χ4v) is 2.81. The second-order valence-corrected chi connectivity index (χ2v) is 4.91. The SMILES string of the molecule is Cn1ncc2cccc(-c3cccc4cnccc34)c21. The molecule has 0 spiro atoms. The molecule has 0 aliphatic rings. The number of rotatable bonds is 1. The Morgan fingerprint density at radius 1 is 0.850 bits per heavy atom. The molecule has 2 aromatic carbocycles. The van der Waals surface area contributed by atoms with E-state index in [0.717, 1.165) is 16.3 Å². The van der Waals surface area contributed by atoms with Crippen LogP contribution >= 0.6 is 0 Å². The molecule has 3 heteroatoms. The second-order valence-electron chi connectivity index (χ2n) is 4.91. The van der Waals surface area contributed by atoms with Crippen molar-refractivity contribution in [3.8, 4) is 11.1 Å². The normalized spacial score (nSPS) is 11.2. The van der Waals surface area contributed by atoms with Crippen molar-refractivity contribution >= 4 is 21.7 Å². The van der Waals surface area contributed by atoms with Gasteiger partial charge in [-0.15, -0.1) is 0 Å². The van der Waals surface area contributed by atoms with Gasteiger partial charge in [0.15, 0.2) is 0 Å². The van der Waals surface area contributed by atoms with Gasteiger partial charge in [0.2, 0.25) is 0 Å². The minimum Gasteiger partial charge on any atom is -0.267 e. The molecular weight excluding hydrogens is 246 g/mol. The lowest BCUT2D eigenvalue weighted by atomic mass is 9.98. The van der Waals surface area contributed by atoms with E-state index in [1.165, 1.54) is 16.5 Å². The number of benzene rings is 2. The average molecular weight is 259 g/mol. The highest BCUT2D eigenvalue weighted by Crippen LogP contribution is 2.33. The summed E-state index contributed by atoms with van der Waals surface area (Å²) in [5.41, 5.74) is 3.59. The monoisotopic (exact) mass is 259 g/mol. The molecule has 96 valence electrons. The van der Waals surface area contributed by atoms with Gasteiger partial charge < -0.3 is 0 Å². The fraction of sp³-hybridized carbons (Fsp3) is 0.0588. The molecule has 0 saturated heterocycles. The van der Waals surface area contributed by atoms with Crippen LogP contribution in [-0.2, 0) is 7.05 Å². The van der Waals surface area contributed by atoms with Crippen molar-refractivity contribution in [2.24, 2.45) is 7.05 Å². The van der Waals surface area contributed by atoms with Crippen molar-refractivity contribution < 1.29 is 0 Å². The molecule has 0 unspecified atom stereocenters. The van der Waals surface area contributed by atoms with Gasteiger partial charge in [-0.25, -0.2) is 0 Å². The minimum absolute atomic E-state index is 1.16. The van der Waals surface area contributed by atoms with Crippen molar-refractivity contribution in [1.29, 1.82) is 0 Å². The lowest BCUT2D eigenvalue weighted by molar-refractivity contribution is 0.797. The molecule has 20 heavy (non-hydrogen) atoms. The summed E-state index contributed by atoms with van der Waals surface area (Å²) < 4.78 is 1.94. The molecule has 3 nitrogen and oxygen atoms in total. The van der Waals surface area contributed by atoms with Gasteiger partial charge in [-0.1, -0.05) is 36.4 Å².